The second kappa shape index (κ2) is 9.31. The molecule has 2 aliphatic heterocycles. The van der Waals surface area contributed by atoms with Crippen LogP contribution in [-0.2, 0) is 13.0 Å². The third-order valence-electron chi connectivity index (χ3n) is 5.67. The summed E-state index contributed by atoms with van der Waals surface area (Å²) in [6.07, 6.45) is 2.25. The first-order valence-electron chi connectivity index (χ1n) is 10.2. The van der Waals surface area contributed by atoms with E-state index in [0.717, 1.165) is 56.6 Å². The molecule has 1 atom stereocenters. The number of benzene rings is 1. The number of nitrogens with zero attached hydrogens (tertiary/aromatic N) is 3. The maximum Gasteiger partial charge on any atom is 0.194 e. The van der Waals surface area contributed by atoms with Gasteiger partial charge < -0.3 is 24.6 Å². The Hall–Kier alpha value is -1.95. The molecule has 1 N–H and O–H groups in total. The fraction of sp³-hybridized carbons (Fsp3) is 0.667. The second-order valence-corrected chi connectivity index (χ2v) is 7.39. The molecule has 0 aromatic heterocycles. The molecule has 6 nitrogen and oxygen atoms in total. The predicted octanol–water partition coefficient (Wildman–Crippen LogP) is 2.37. The molecular weight excluding hydrogens is 340 g/mol. The van der Waals surface area contributed by atoms with E-state index in [2.05, 4.69) is 41.1 Å². The average molecular weight is 375 g/mol. The number of guanidine groups is 1. The van der Waals surface area contributed by atoms with Crippen LogP contribution in [0.1, 0.15) is 31.4 Å². The fourth-order valence-electron chi connectivity index (χ4n) is 4.05. The van der Waals surface area contributed by atoms with Gasteiger partial charge in [0.2, 0.25) is 0 Å². The van der Waals surface area contributed by atoms with Gasteiger partial charge in [0, 0.05) is 32.7 Å². The minimum atomic E-state index is 0.681. The number of hydrogen-bond donors (Lipinski definition) is 1. The van der Waals surface area contributed by atoms with Crippen molar-refractivity contribution >= 4 is 5.96 Å². The molecule has 1 unspecified atom stereocenters. The van der Waals surface area contributed by atoms with E-state index in [4.69, 9.17) is 14.5 Å². The van der Waals surface area contributed by atoms with Gasteiger partial charge in [0.25, 0.3) is 0 Å². The molecule has 27 heavy (non-hydrogen) atoms. The van der Waals surface area contributed by atoms with E-state index in [1.165, 1.54) is 30.6 Å². The molecule has 0 aliphatic carbocycles. The number of aliphatic imine (C=N–C) groups is 1. The Kier molecular flexibility index (Phi) is 6.83. The summed E-state index contributed by atoms with van der Waals surface area (Å²) in [6.45, 7) is 11.5. The lowest BCUT2D eigenvalue weighted by molar-refractivity contribution is 0.340. The Balaban J connectivity index is 1.71. The van der Waals surface area contributed by atoms with Crippen LogP contribution in [0.15, 0.2) is 17.1 Å². The monoisotopic (exact) mass is 374 g/mol. The van der Waals surface area contributed by atoms with E-state index in [1.807, 2.05) is 0 Å². The van der Waals surface area contributed by atoms with Crippen LogP contribution in [0.2, 0.25) is 0 Å². The zero-order valence-corrected chi connectivity index (χ0v) is 17.3. The number of ether oxygens (including phenoxy) is 2. The molecule has 2 heterocycles. The number of hydrogen-bond acceptors (Lipinski definition) is 4. The summed E-state index contributed by atoms with van der Waals surface area (Å²) in [5, 5.41) is 3.49. The Bertz CT molecular complexity index is 662. The van der Waals surface area contributed by atoms with Gasteiger partial charge in [-0.2, -0.15) is 0 Å². The van der Waals surface area contributed by atoms with Crippen LogP contribution >= 0.6 is 0 Å². The van der Waals surface area contributed by atoms with Crippen molar-refractivity contribution in [2.45, 2.75) is 33.2 Å². The molecule has 1 saturated heterocycles. The maximum absolute atomic E-state index is 5.49. The molecule has 150 valence electrons. The molecule has 0 amide bonds. The number of nitrogens with one attached hydrogen (secondary N) is 1. The highest BCUT2D eigenvalue weighted by Crippen LogP contribution is 2.33. The standard InChI is InChI=1S/C21H34N4O2/c1-5-22-21(23-13-16-7-9-24(6-2)14-16)25-10-8-17-11-19(26-3)20(27-4)12-18(17)15-25/h11-12,16H,5-10,13-15H2,1-4H3,(H,22,23). The number of likely N-dealkylation sites (tertiary alicyclic amines) is 1. The van der Waals surface area contributed by atoms with Gasteiger partial charge in [-0.25, -0.2) is 0 Å². The van der Waals surface area contributed by atoms with Gasteiger partial charge in [-0.1, -0.05) is 6.92 Å². The molecule has 3 rings (SSSR count). The molecule has 0 radical (unpaired) electrons. The van der Waals surface area contributed by atoms with Crippen LogP contribution in [0, 0.1) is 5.92 Å². The lowest BCUT2D eigenvalue weighted by Crippen LogP contribution is -2.44. The molecule has 1 aromatic carbocycles. The zero-order chi connectivity index (χ0) is 19.2. The Morgan fingerprint density at radius 3 is 2.52 bits per heavy atom. The quantitative estimate of drug-likeness (QED) is 0.612. The van der Waals surface area contributed by atoms with Crippen LogP contribution in [0.3, 0.4) is 0 Å². The summed E-state index contributed by atoms with van der Waals surface area (Å²) in [4.78, 5) is 9.87. The van der Waals surface area contributed by atoms with Crippen LogP contribution in [0.5, 0.6) is 11.5 Å². The highest BCUT2D eigenvalue weighted by molar-refractivity contribution is 5.80. The molecule has 1 fully saturated rings. The predicted molar refractivity (Wildman–Crippen MR) is 110 cm³/mol. The van der Waals surface area contributed by atoms with E-state index in [0.29, 0.717) is 5.92 Å². The zero-order valence-electron chi connectivity index (χ0n) is 17.3. The Morgan fingerprint density at radius 2 is 1.89 bits per heavy atom. The smallest absolute Gasteiger partial charge is 0.194 e. The molecule has 6 heteroatoms. The van der Waals surface area contributed by atoms with Crippen molar-refractivity contribution in [3.63, 3.8) is 0 Å². The topological polar surface area (TPSA) is 49.3 Å². The summed E-state index contributed by atoms with van der Waals surface area (Å²) in [7, 11) is 3.38. The van der Waals surface area contributed by atoms with Gasteiger partial charge >= 0.3 is 0 Å². The lowest BCUT2D eigenvalue weighted by Gasteiger charge is -2.32. The SMILES string of the molecule is CCNC(=NCC1CCN(CC)C1)N1CCc2cc(OC)c(OC)cc2C1. The number of methoxy groups -OCH3 is 2. The molecule has 1 aromatic rings. The maximum atomic E-state index is 5.49. The summed E-state index contributed by atoms with van der Waals surface area (Å²) in [6, 6.07) is 4.23. The Morgan fingerprint density at radius 1 is 1.15 bits per heavy atom. The first-order chi connectivity index (χ1) is 13.2. The highest BCUT2D eigenvalue weighted by Gasteiger charge is 2.24. The Labute approximate surface area is 163 Å². The summed E-state index contributed by atoms with van der Waals surface area (Å²) in [5.74, 6) is 3.32. The van der Waals surface area contributed by atoms with Crippen molar-refractivity contribution < 1.29 is 9.47 Å². The first-order valence-corrected chi connectivity index (χ1v) is 10.2. The molecular formula is C21H34N4O2. The largest absolute Gasteiger partial charge is 0.493 e. The summed E-state index contributed by atoms with van der Waals surface area (Å²) >= 11 is 0. The third-order valence-corrected chi connectivity index (χ3v) is 5.67. The van der Waals surface area contributed by atoms with Gasteiger partial charge in [-0.3, -0.25) is 4.99 Å². The van der Waals surface area contributed by atoms with E-state index in [1.54, 1.807) is 14.2 Å². The average Bonchev–Trinajstić information content (AvgIpc) is 3.17. The normalized spacial score (nSPS) is 20.5. The van der Waals surface area contributed by atoms with Gasteiger partial charge in [-0.15, -0.1) is 0 Å². The second-order valence-electron chi connectivity index (χ2n) is 7.39. The van der Waals surface area contributed by atoms with Crippen LogP contribution in [0.4, 0.5) is 0 Å². The number of fused-ring (bicyclic) bond motifs is 1. The molecule has 2 aliphatic rings. The number of rotatable bonds is 6. The molecule has 0 bridgehead atoms. The van der Waals surface area contributed by atoms with Crippen molar-refractivity contribution in [1.29, 1.82) is 0 Å². The van der Waals surface area contributed by atoms with E-state index in [-0.39, 0.29) is 0 Å². The van der Waals surface area contributed by atoms with Crippen LogP contribution < -0.4 is 14.8 Å². The van der Waals surface area contributed by atoms with Crippen molar-refractivity contribution in [2.75, 3.05) is 53.5 Å². The minimum Gasteiger partial charge on any atom is -0.493 e. The first kappa shape index (κ1) is 19.8. The third kappa shape index (κ3) is 4.67. The van der Waals surface area contributed by atoms with Crippen LogP contribution in [0.25, 0.3) is 0 Å². The van der Waals surface area contributed by atoms with E-state index < -0.39 is 0 Å². The van der Waals surface area contributed by atoms with Crippen molar-refractivity contribution in [3.05, 3.63) is 23.3 Å². The van der Waals surface area contributed by atoms with Gasteiger partial charge in [0.05, 0.1) is 14.2 Å². The summed E-state index contributed by atoms with van der Waals surface area (Å²) < 4.78 is 10.9. The minimum absolute atomic E-state index is 0.681. The van der Waals surface area contributed by atoms with Crippen molar-refractivity contribution in [3.8, 4) is 11.5 Å². The summed E-state index contributed by atoms with van der Waals surface area (Å²) in [5.41, 5.74) is 2.64. The van der Waals surface area contributed by atoms with Gasteiger partial charge in [0.15, 0.2) is 17.5 Å². The molecule has 0 saturated carbocycles. The van der Waals surface area contributed by atoms with E-state index >= 15 is 0 Å². The molecule has 0 spiro atoms. The van der Waals surface area contributed by atoms with Crippen LogP contribution in [-0.4, -0.2) is 69.2 Å². The van der Waals surface area contributed by atoms with Gasteiger partial charge in [0.1, 0.15) is 0 Å². The lowest BCUT2D eigenvalue weighted by atomic mass is 9.99. The van der Waals surface area contributed by atoms with Gasteiger partial charge in [-0.05, 0) is 62.0 Å². The van der Waals surface area contributed by atoms with Crippen molar-refractivity contribution in [1.82, 2.24) is 15.1 Å². The van der Waals surface area contributed by atoms with E-state index in [9.17, 15) is 0 Å². The fourth-order valence-corrected chi connectivity index (χ4v) is 4.05. The highest BCUT2D eigenvalue weighted by atomic mass is 16.5. The van der Waals surface area contributed by atoms with Crippen molar-refractivity contribution in [2.24, 2.45) is 10.9 Å².